The number of hydrogen-bond acceptors (Lipinski definition) is 6. The average Bonchev–Trinajstić information content (AvgIpc) is 3.54. The molecule has 0 aromatic heterocycles. The second-order valence-electron chi connectivity index (χ2n) is 15.8. The van der Waals surface area contributed by atoms with Crippen LogP contribution in [-0.4, -0.2) is 46.2 Å². The Morgan fingerprint density at radius 2 is 1.74 bits per heavy atom. The van der Waals surface area contributed by atoms with Crippen LogP contribution in [-0.2, 0) is 16.0 Å². The van der Waals surface area contributed by atoms with Gasteiger partial charge in [-0.2, -0.15) is 0 Å². The highest BCUT2D eigenvalue weighted by molar-refractivity contribution is 5.93. The first-order chi connectivity index (χ1) is 20.3. The van der Waals surface area contributed by atoms with Gasteiger partial charge in [-0.3, -0.25) is 4.79 Å². The Hall–Kier alpha value is -1.96. The molecule has 10 atom stereocenters. The summed E-state index contributed by atoms with van der Waals surface area (Å²) in [6.45, 7) is 9.74. The summed E-state index contributed by atoms with van der Waals surface area (Å²) < 4.78 is 5.34. The fraction of sp³-hybridized carbons (Fsp3) is 0.778. The minimum absolute atomic E-state index is 0.0838. The highest BCUT2D eigenvalue weighted by Gasteiger charge is 2.75. The van der Waals surface area contributed by atoms with E-state index in [1.807, 2.05) is 30.3 Å². The third-order valence-electron chi connectivity index (χ3n) is 14.3. The van der Waals surface area contributed by atoms with Crippen LogP contribution in [0.15, 0.2) is 30.3 Å². The molecule has 1 saturated heterocycles. The first kappa shape index (κ1) is 31.0. The first-order valence-corrected chi connectivity index (χ1v) is 17.2. The zero-order chi connectivity index (χ0) is 30.8. The quantitative estimate of drug-likeness (QED) is 0.361. The van der Waals surface area contributed by atoms with Crippen molar-refractivity contribution in [3.05, 3.63) is 35.9 Å². The van der Waals surface area contributed by atoms with Gasteiger partial charge in [0, 0.05) is 28.5 Å². The Morgan fingerprint density at radius 1 is 1.02 bits per heavy atom. The van der Waals surface area contributed by atoms with Crippen molar-refractivity contribution in [2.24, 2.45) is 51.7 Å². The smallest absolute Gasteiger partial charge is 0.416 e. The Kier molecular flexibility index (Phi) is 7.82. The summed E-state index contributed by atoms with van der Waals surface area (Å²) in [5.41, 5.74) is 22.7. The second-order valence-corrected chi connectivity index (χ2v) is 15.8. The van der Waals surface area contributed by atoms with Crippen molar-refractivity contribution >= 4 is 12.0 Å². The minimum atomic E-state index is -0.502. The highest BCUT2D eigenvalue weighted by Crippen LogP contribution is 2.71. The number of nitrogens with two attached hydrogens (primary N) is 3. The van der Waals surface area contributed by atoms with E-state index in [0.29, 0.717) is 36.5 Å². The fourth-order valence-corrected chi connectivity index (χ4v) is 11.8. The number of rotatable bonds is 7. The van der Waals surface area contributed by atoms with Crippen molar-refractivity contribution in [2.45, 2.75) is 134 Å². The standard InChI is InChI=1S/C36H56N4O3/c1-5-26-22-35(38)29-15-14-28(32(29,3)19-20-36(35,39)33(4)17-9-10-18-34(26,33)37)24(2)13-16-30(41)40-27(23-43-31(40)42)21-25-11-7-6-8-12-25/h6-8,11-12,24,26-29H,5,9-10,13-23,37-39H2,1-4H3/t24-,26+,27?,28-,29?,32?,33?,34?,35?,36+/m1/s1. The number of carbonyl (C=O) groups excluding carboxylic acids is 2. The van der Waals surface area contributed by atoms with E-state index in [4.69, 9.17) is 21.9 Å². The number of hydrogen-bond donors (Lipinski definition) is 3. The Labute approximate surface area is 259 Å². The number of imide groups is 1. The lowest BCUT2D eigenvalue weighted by molar-refractivity contribution is -0.177. The predicted molar refractivity (Wildman–Crippen MR) is 170 cm³/mol. The van der Waals surface area contributed by atoms with Gasteiger partial charge in [0.25, 0.3) is 0 Å². The summed E-state index contributed by atoms with van der Waals surface area (Å²) in [6, 6.07) is 9.77. The molecule has 2 amide bonds. The molecule has 0 bridgehead atoms. The third-order valence-corrected chi connectivity index (χ3v) is 14.3. The molecule has 238 valence electrons. The van der Waals surface area contributed by atoms with Crippen LogP contribution in [0.4, 0.5) is 4.79 Å². The Balaban J connectivity index is 1.17. The molecular weight excluding hydrogens is 536 g/mol. The van der Waals surface area contributed by atoms with Gasteiger partial charge in [-0.05, 0) is 92.4 Å². The molecule has 7 heteroatoms. The van der Waals surface area contributed by atoms with Crippen LogP contribution in [0.3, 0.4) is 0 Å². The molecule has 6 unspecified atom stereocenters. The first-order valence-electron chi connectivity index (χ1n) is 17.2. The molecule has 7 nitrogen and oxygen atoms in total. The highest BCUT2D eigenvalue weighted by atomic mass is 16.6. The Bertz CT molecular complexity index is 1230. The second kappa shape index (κ2) is 10.8. The van der Waals surface area contributed by atoms with E-state index in [-0.39, 0.29) is 34.9 Å². The molecule has 5 fully saturated rings. The van der Waals surface area contributed by atoms with Gasteiger partial charge in [-0.15, -0.1) is 0 Å². The van der Waals surface area contributed by atoms with E-state index in [9.17, 15) is 9.59 Å². The predicted octanol–water partition coefficient (Wildman–Crippen LogP) is 5.92. The van der Waals surface area contributed by atoms with Crippen LogP contribution >= 0.6 is 0 Å². The molecule has 4 aliphatic carbocycles. The van der Waals surface area contributed by atoms with Gasteiger partial charge in [0.15, 0.2) is 0 Å². The monoisotopic (exact) mass is 592 g/mol. The van der Waals surface area contributed by atoms with E-state index in [2.05, 4.69) is 27.7 Å². The zero-order valence-electron chi connectivity index (χ0n) is 27.1. The molecular formula is C36H56N4O3. The number of fused-ring (bicyclic) bond motifs is 5. The fourth-order valence-electron chi connectivity index (χ4n) is 11.8. The number of amides is 2. The van der Waals surface area contributed by atoms with Crippen LogP contribution in [0.25, 0.3) is 0 Å². The van der Waals surface area contributed by atoms with Gasteiger partial charge in [-0.1, -0.05) is 77.3 Å². The molecule has 43 heavy (non-hydrogen) atoms. The lowest BCUT2D eigenvalue weighted by Gasteiger charge is -2.75. The molecule has 0 radical (unpaired) electrons. The normalized spacial score (nSPS) is 44.7. The summed E-state index contributed by atoms with van der Waals surface area (Å²) in [6.07, 6.45) is 11.9. The third kappa shape index (κ3) is 4.38. The van der Waals surface area contributed by atoms with Crippen LogP contribution in [0.5, 0.6) is 0 Å². The Morgan fingerprint density at radius 3 is 2.47 bits per heavy atom. The topological polar surface area (TPSA) is 125 Å². The average molecular weight is 593 g/mol. The molecule has 5 aliphatic rings. The maximum atomic E-state index is 13.5. The van der Waals surface area contributed by atoms with E-state index in [1.165, 1.54) is 17.7 Å². The number of nitrogens with zero attached hydrogens (tertiary/aromatic N) is 1. The number of ether oxygens (including phenoxy) is 1. The molecule has 6 rings (SSSR count). The van der Waals surface area contributed by atoms with E-state index >= 15 is 0 Å². The SMILES string of the molecule is CC[C@H]1CC2(N)C3CC[C@H]([C@H](C)CCC(=O)N4C(=O)OCC4Cc4ccccc4)C3(C)CC[C@]2(N)C2(C)CCCCC12N. The zero-order valence-corrected chi connectivity index (χ0v) is 27.1. The lowest BCUT2D eigenvalue weighted by Crippen LogP contribution is -2.88. The lowest BCUT2D eigenvalue weighted by atomic mass is 9.34. The summed E-state index contributed by atoms with van der Waals surface area (Å²) in [7, 11) is 0. The van der Waals surface area contributed by atoms with Crippen LogP contribution < -0.4 is 17.2 Å². The minimum Gasteiger partial charge on any atom is -0.447 e. The summed E-state index contributed by atoms with van der Waals surface area (Å²) in [4.78, 5) is 27.5. The van der Waals surface area contributed by atoms with Gasteiger partial charge in [-0.25, -0.2) is 9.69 Å². The summed E-state index contributed by atoms with van der Waals surface area (Å²) >= 11 is 0. The van der Waals surface area contributed by atoms with Crippen molar-refractivity contribution in [2.75, 3.05) is 6.61 Å². The van der Waals surface area contributed by atoms with Crippen molar-refractivity contribution in [1.82, 2.24) is 4.90 Å². The van der Waals surface area contributed by atoms with Gasteiger partial charge in [0.1, 0.15) is 6.61 Å². The number of benzene rings is 1. The summed E-state index contributed by atoms with van der Waals surface area (Å²) in [5.74, 6) is 1.45. The van der Waals surface area contributed by atoms with Gasteiger partial charge < -0.3 is 21.9 Å². The van der Waals surface area contributed by atoms with E-state index in [1.54, 1.807) is 0 Å². The van der Waals surface area contributed by atoms with E-state index < -0.39 is 17.2 Å². The largest absolute Gasteiger partial charge is 0.447 e. The van der Waals surface area contributed by atoms with Crippen molar-refractivity contribution in [1.29, 1.82) is 0 Å². The van der Waals surface area contributed by atoms with Crippen LogP contribution in [0, 0.1) is 34.5 Å². The van der Waals surface area contributed by atoms with Gasteiger partial charge >= 0.3 is 6.09 Å². The molecule has 1 heterocycles. The molecule has 1 aromatic rings. The summed E-state index contributed by atoms with van der Waals surface area (Å²) in [5, 5.41) is 0. The van der Waals surface area contributed by atoms with E-state index in [0.717, 1.165) is 63.4 Å². The molecule has 4 saturated carbocycles. The maximum Gasteiger partial charge on any atom is 0.416 e. The molecule has 6 N–H and O–H groups in total. The van der Waals surface area contributed by atoms with Crippen molar-refractivity contribution in [3.63, 3.8) is 0 Å². The maximum absolute atomic E-state index is 13.5. The molecule has 0 spiro atoms. The number of cyclic esters (lactones) is 1. The van der Waals surface area contributed by atoms with Crippen molar-refractivity contribution in [3.8, 4) is 0 Å². The van der Waals surface area contributed by atoms with Gasteiger partial charge in [0.05, 0.1) is 6.04 Å². The number of carbonyl (C=O) groups is 2. The molecule has 1 aromatic carbocycles. The van der Waals surface area contributed by atoms with Crippen LogP contribution in [0.2, 0.25) is 0 Å². The molecule has 1 aliphatic heterocycles. The van der Waals surface area contributed by atoms with Gasteiger partial charge in [0.2, 0.25) is 5.91 Å². The van der Waals surface area contributed by atoms with Crippen molar-refractivity contribution < 1.29 is 14.3 Å². The van der Waals surface area contributed by atoms with Crippen LogP contribution in [0.1, 0.15) is 110 Å².